The molecule has 1 N–H and O–H groups in total. The van der Waals surface area contributed by atoms with Crippen molar-refractivity contribution in [2.24, 2.45) is 0 Å². The van der Waals surface area contributed by atoms with Gasteiger partial charge in [-0.15, -0.1) is 0 Å². The minimum absolute atomic E-state index is 0.0667. The first-order valence-corrected chi connectivity index (χ1v) is 4.17. The Hall–Kier alpha value is -1.46. The van der Waals surface area contributed by atoms with Gasteiger partial charge in [0.15, 0.2) is 0 Å². The zero-order chi connectivity index (χ0) is 10.8. The van der Waals surface area contributed by atoms with Crippen LogP contribution >= 0.6 is 0 Å². The van der Waals surface area contributed by atoms with Crippen LogP contribution in [-0.4, -0.2) is 28.9 Å². The van der Waals surface area contributed by atoms with Crippen molar-refractivity contribution >= 4 is 5.69 Å². The van der Waals surface area contributed by atoms with Gasteiger partial charge < -0.3 is 0 Å². The molecule has 0 atom stereocenters. The van der Waals surface area contributed by atoms with Crippen molar-refractivity contribution in [2.75, 3.05) is 14.1 Å². The van der Waals surface area contributed by atoms with E-state index in [4.69, 9.17) is 0 Å². The second kappa shape index (κ2) is 3.73. The second-order valence-corrected chi connectivity index (χ2v) is 3.70. The highest BCUT2D eigenvalue weighted by molar-refractivity contribution is 5.32. The molecule has 0 aliphatic rings. The van der Waals surface area contributed by atoms with E-state index in [2.05, 4.69) is 0 Å². The van der Waals surface area contributed by atoms with Crippen LogP contribution in [0.25, 0.3) is 0 Å². The van der Waals surface area contributed by atoms with E-state index < -0.39 is 4.92 Å². The number of nitrogens with zero attached hydrogens (tertiary/aromatic N) is 2. The Morgan fingerprint density at radius 3 is 2.21 bits per heavy atom. The summed E-state index contributed by atoms with van der Waals surface area (Å²) in [7, 11) is 3.28. The molecular weight excluding hydrogens is 184 g/mol. The monoisotopic (exact) mass is 197 g/mol. The van der Waals surface area contributed by atoms with Crippen LogP contribution in [0.15, 0.2) is 24.3 Å². The second-order valence-electron chi connectivity index (χ2n) is 3.70. The van der Waals surface area contributed by atoms with Crippen LogP contribution in [0, 0.1) is 10.1 Å². The van der Waals surface area contributed by atoms with Crippen molar-refractivity contribution in [1.82, 2.24) is 0 Å². The molecule has 0 bridgehead atoms. The molecule has 1 rings (SSSR count). The molecule has 0 saturated heterocycles. The van der Waals surface area contributed by atoms with Gasteiger partial charge in [-0.05, 0) is 12.1 Å². The van der Waals surface area contributed by atoms with Crippen LogP contribution in [0.1, 0.15) is 5.56 Å². The summed E-state index contributed by atoms with van der Waals surface area (Å²) in [6.07, 6.45) is 0. The third kappa shape index (κ3) is 3.12. The zero-order valence-corrected chi connectivity index (χ0v) is 8.17. The first kappa shape index (κ1) is 10.6. The van der Waals surface area contributed by atoms with E-state index >= 15 is 0 Å². The molecule has 5 heteroatoms. The fourth-order valence-corrected chi connectivity index (χ4v) is 1.17. The lowest BCUT2D eigenvalue weighted by molar-refractivity contribution is -1.08. The number of benzene rings is 1. The Morgan fingerprint density at radius 2 is 1.86 bits per heavy atom. The Labute approximate surface area is 81.9 Å². The normalized spacial score (nSPS) is 11.4. The van der Waals surface area contributed by atoms with Gasteiger partial charge in [0.1, 0.15) is 6.54 Å². The minimum atomic E-state index is -0.442. The molecule has 5 nitrogen and oxygen atoms in total. The lowest BCUT2D eigenvalue weighted by Crippen LogP contribution is -2.34. The van der Waals surface area contributed by atoms with Crippen molar-refractivity contribution in [3.63, 3.8) is 0 Å². The smallest absolute Gasteiger partial charge is 0.258 e. The molecule has 1 aromatic carbocycles. The van der Waals surface area contributed by atoms with E-state index in [1.807, 2.05) is 0 Å². The third-order valence-corrected chi connectivity index (χ3v) is 1.72. The molecule has 0 unspecified atom stereocenters. The van der Waals surface area contributed by atoms with Crippen LogP contribution < -0.4 is 0 Å². The van der Waals surface area contributed by atoms with E-state index in [1.165, 1.54) is 12.1 Å². The number of non-ortho nitro benzene ring substituents is 1. The van der Waals surface area contributed by atoms with E-state index in [1.54, 1.807) is 26.2 Å². The molecule has 0 aromatic heterocycles. The van der Waals surface area contributed by atoms with E-state index in [0.29, 0.717) is 6.54 Å². The van der Waals surface area contributed by atoms with Gasteiger partial charge in [0.05, 0.1) is 19.0 Å². The van der Waals surface area contributed by atoms with Gasteiger partial charge in [0.25, 0.3) is 5.69 Å². The maximum absolute atomic E-state index is 10.3. The van der Waals surface area contributed by atoms with Crippen LogP contribution in [0.5, 0.6) is 0 Å². The Bertz CT molecular complexity index is 327. The Balaban J connectivity index is 2.79. The molecular formula is C9H13N2O3+. The van der Waals surface area contributed by atoms with Crippen molar-refractivity contribution in [3.8, 4) is 0 Å². The van der Waals surface area contributed by atoms with Crippen molar-refractivity contribution in [1.29, 1.82) is 0 Å². The number of hydrogen-bond acceptors (Lipinski definition) is 3. The molecule has 0 saturated carbocycles. The first-order chi connectivity index (χ1) is 6.38. The highest BCUT2D eigenvalue weighted by atomic mass is 16.6. The molecule has 0 aliphatic heterocycles. The number of rotatable bonds is 3. The summed E-state index contributed by atoms with van der Waals surface area (Å²) >= 11 is 0. The van der Waals surface area contributed by atoms with E-state index in [-0.39, 0.29) is 10.3 Å². The minimum Gasteiger partial charge on any atom is -0.258 e. The summed E-state index contributed by atoms with van der Waals surface area (Å²) in [5.41, 5.74) is 0.931. The van der Waals surface area contributed by atoms with E-state index in [9.17, 15) is 15.3 Å². The van der Waals surface area contributed by atoms with Crippen molar-refractivity contribution in [2.45, 2.75) is 6.54 Å². The lowest BCUT2D eigenvalue weighted by atomic mass is 10.2. The molecule has 0 spiro atoms. The summed E-state index contributed by atoms with van der Waals surface area (Å²) in [6.45, 7) is 0.429. The average molecular weight is 197 g/mol. The topological polar surface area (TPSA) is 63.4 Å². The fraction of sp³-hybridized carbons (Fsp3) is 0.333. The molecule has 0 amide bonds. The maximum Gasteiger partial charge on any atom is 0.269 e. The number of nitro benzene ring substituents is 1. The van der Waals surface area contributed by atoms with E-state index in [0.717, 1.165) is 5.56 Å². The first-order valence-electron chi connectivity index (χ1n) is 4.17. The number of hydroxylamine groups is 3. The summed E-state index contributed by atoms with van der Waals surface area (Å²) in [6, 6.07) is 6.17. The van der Waals surface area contributed by atoms with Gasteiger partial charge in [-0.3, -0.25) is 10.1 Å². The molecule has 0 aliphatic carbocycles. The lowest BCUT2D eigenvalue weighted by Gasteiger charge is -2.19. The quantitative estimate of drug-likeness (QED) is 0.454. The number of quaternary nitrogens is 1. The van der Waals surface area contributed by atoms with Crippen LogP contribution in [0.4, 0.5) is 5.69 Å². The Morgan fingerprint density at radius 1 is 1.36 bits per heavy atom. The maximum atomic E-state index is 10.3. The van der Waals surface area contributed by atoms with Crippen molar-refractivity contribution < 1.29 is 14.8 Å². The predicted octanol–water partition coefficient (Wildman–Crippen LogP) is 1.56. The highest BCUT2D eigenvalue weighted by Crippen LogP contribution is 2.13. The predicted molar refractivity (Wildman–Crippen MR) is 50.7 cm³/mol. The fourth-order valence-electron chi connectivity index (χ4n) is 1.17. The van der Waals surface area contributed by atoms with Gasteiger partial charge in [0, 0.05) is 17.7 Å². The van der Waals surface area contributed by atoms with Crippen LogP contribution in [0.2, 0.25) is 0 Å². The molecule has 14 heavy (non-hydrogen) atoms. The Kier molecular flexibility index (Phi) is 2.83. The average Bonchev–Trinajstić information content (AvgIpc) is 2.02. The van der Waals surface area contributed by atoms with Gasteiger partial charge in [-0.1, -0.05) is 0 Å². The summed E-state index contributed by atoms with van der Waals surface area (Å²) in [4.78, 5) is 9.91. The standard InChI is InChI=1S/C9H13N2O3/c1-11(2,14)7-8-3-5-9(6-4-8)10(12)13/h3-6,14H,7H2,1-2H3/q+1. The van der Waals surface area contributed by atoms with Gasteiger partial charge in [-0.2, -0.15) is 4.65 Å². The van der Waals surface area contributed by atoms with Gasteiger partial charge in [0.2, 0.25) is 0 Å². The third-order valence-electron chi connectivity index (χ3n) is 1.72. The van der Waals surface area contributed by atoms with Crippen molar-refractivity contribution in [3.05, 3.63) is 39.9 Å². The highest BCUT2D eigenvalue weighted by Gasteiger charge is 2.12. The molecule has 0 heterocycles. The number of hydrogen-bond donors (Lipinski definition) is 1. The largest absolute Gasteiger partial charge is 0.269 e. The summed E-state index contributed by atoms with van der Waals surface area (Å²) in [5.74, 6) is 0. The van der Waals surface area contributed by atoms with Gasteiger partial charge in [-0.25, -0.2) is 5.21 Å². The zero-order valence-electron chi connectivity index (χ0n) is 8.17. The molecule has 76 valence electrons. The molecule has 0 radical (unpaired) electrons. The summed E-state index contributed by atoms with van der Waals surface area (Å²) in [5, 5.41) is 19.8. The van der Waals surface area contributed by atoms with Gasteiger partial charge >= 0.3 is 0 Å². The number of nitro groups is 1. The SMILES string of the molecule is C[N+](C)(O)Cc1ccc([N+](=O)[O-])cc1. The summed E-state index contributed by atoms with van der Waals surface area (Å²) < 4.78 is -0.183. The molecule has 1 aromatic rings. The van der Waals surface area contributed by atoms with Crippen LogP contribution in [0.3, 0.4) is 0 Å². The molecule has 0 fully saturated rings. The van der Waals surface area contributed by atoms with Crippen LogP contribution in [-0.2, 0) is 6.54 Å².